The molecule has 0 fully saturated rings. The van der Waals surface area contributed by atoms with Crippen LogP contribution in [0.5, 0.6) is 0 Å². The number of halogens is 2. The van der Waals surface area contributed by atoms with Gasteiger partial charge < -0.3 is 5.11 Å². The van der Waals surface area contributed by atoms with Crippen molar-refractivity contribution in [2.24, 2.45) is 0 Å². The summed E-state index contributed by atoms with van der Waals surface area (Å²) in [6.45, 7) is 2.85. The minimum atomic E-state index is -1.11. The molecule has 1 N–H and O–H groups in total. The Labute approximate surface area is 59.2 Å². The maximum absolute atomic E-state index is 9.89. The minimum Gasteiger partial charge on any atom is -0.480 e. The van der Waals surface area contributed by atoms with Crippen LogP contribution in [0.4, 0.5) is 0 Å². The van der Waals surface area contributed by atoms with Crippen molar-refractivity contribution in [3.05, 3.63) is 0 Å². The Hall–Kier alpha value is 0.0500. The highest BCUT2D eigenvalue weighted by atomic mass is 35.5. The molecule has 0 heterocycles. The van der Waals surface area contributed by atoms with Crippen LogP contribution in [0.15, 0.2) is 0 Å². The molecule has 0 aliphatic heterocycles. The molecular formula is C4H8Cl2O2. The second-order valence-electron chi connectivity index (χ2n) is 1.78. The summed E-state index contributed by atoms with van der Waals surface area (Å²) in [5.74, 6) is -0.992. The molecule has 0 saturated heterocycles. The molecule has 0 aliphatic rings. The average Bonchev–Trinajstić information content (AvgIpc) is 1.31. The second kappa shape index (κ2) is 3.15. The molecule has 0 aromatic carbocycles. The van der Waals surface area contributed by atoms with Crippen LogP contribution in [0.1, 0.15) is 13.8 Å². The van der Waals surface area contributed by atoms with E-state index in [0.29, 0.717) is 0 Å². The van der Waals surface area contributed by atoms with Crippen LogP contribution in [-0.2, 0) is 4.79 Å². The van der Waals surface area contributed by atoms with Gasteiger partial charge in [-0.1, -0.05) is 0 Å². The molecule has 0 atom stereocenters. The van der Waals surface area contributed by atoms with Crippen molar-refractivity contribution in [3.8, 4) is 0 Å². The van der Waals surface area contributed by atoms with Gasteiger partial charge in [0.25, 0.3) is 0 Å². The SMILES string of the molecule is CC(C)(Cl)C(=O)O.Cl. The van der Waals surface area contributed by atoms with Gasteiger partial charge in [-0.15, -0.1) is 24.0 Å². The molecule has 0 unspecified atom stereocenters. The first-order valence-corrected chi connectivity index (χ1v) is 2.24. The van der Waals surface area contributed by atoms with Crippen LogP contribution in [0.2, 0.25) is 0 Å². The Kier molecular flexibility index (Phi) is 4.31. The zero-order chi connectivity index (χ0) is 6.08. The highest BCUT2D eigenvalue weighted by Gasteiger charge is 2.22. The zero-order valence-corrected chi connectivity index (χ0v) is 6.21. The zero-order valence-electron chi connectivity index (χ0n) is 4.64. The fourth-order valence-corrected chi connectivity index (χ4v) is 0. The van der Waals surface area contributed by atoms with Crippen molar-refractivity contribution in [1.82, 2.24) is 0 Å². The summed E-state index contributed by atoms with van der Waals surface area (Å²) >= 11 is 5.27. The fraction of sp³-hybridized carbons (Fsp3) is 0.750. The van der Waals surface area contributed by atoms with E-state index in [-0.39, 0.29) is 12.4 Å². The lowest BCUT2D eigenvalue weighted by atomic mass is 10.2. The molecule has 4 heteroatoms. The van der Waals surface area contributed by atoms with Gasteiger partial charge in [0.05, 0.1) is 0 Å². The highest BCUT2D eigenvalue weighted by molar-refractivity contribution is 6.33. The van der Waals surface area contributed by atoms with Gasteiger partial charge in [0.15, 0.2) is 0 Å². The summed E-state index contributed by atoms with van der Waals surface area (Å²) in [7, 11) is 0. The van der Waals surface area contributed by atoms with Gasteiger partial charge in [0, 0.05) is 0 Å². The Morgan fingerprint density at radius 1 is 1.62 bits per heavy atom. The second-order valence-corrected chi connectivity index (χ2v) is 2.72. The van der Waals surface area contributed by atoms with Gasteiger partial charge in [-0.25, -0.2) is 0 Å². The molecule has 2 nitrogen and oxygen atoms in total. The lowest BCUT2D eigenvalue weighted by Crippen LogP contribution is -2.23. The summed E-state index contributed by atoms with van der Waals surface area (Å²) in [5, 5.41) is 8.12. The predicted octanol–water partition coefficient (Wildman–Crippen LogP) is 1.51. The molecular weight excluding hydrogens is 151 g/mol. The molecule has 0 radical (unpaired) electrons. The average molecular weight is 159 g/mol. The third kappa shape index (κ3) is 4.22. The molecule has 0 aliphatic carbocycles. The van der Waals surface area contributed by atoms with Crippen molar-refractivity contribution in [3.63, 3.8) is 0 Å². The van der Waals surface area contributed by atoms with Gasteiger partial charge in [-0.2, -0.15) is 0 Å². The van der Waals surface area contributed by atoms with Crippen molar-refractivity contribution < 1.29 is 9.90 Å². The Morgan fingerprint density at radius 3 is 1.75 bits per heavy atom. The van der Waals surface area contributed by atoms with E-state index in [4.69, 9.17) is 16.7 Å². The largest absolute Gasteiger partial charge is 0.480 e. The van der Waals surface area contributed by atoms with Crippen LogP contribution in [0.3, 0.4) is 0 Å². The smallest absolute Gasteiger partial charge is 0.324 e. The summed E-state index contributed by atoms with van der Waals surface area (Å²) in [6.07, 6.45) is 0. The number of carboxylic acid groups (broad SMARTS) is 1. The van der Waals surface area contributed by atoms with Gasteiger partial charge in [0.1, 0.15) is 4.87 Å². The summed E-state index contributed by atoms with van der Waals surface area (Å²) in [6, 6.07) is 0. The number of carboxylic acids is 1. The molecule has 0 bridgehead atoms. The topological polar surface area (TPSA) is 37.3 Å². The van der Waals surface area contributed by atoms with Gasteiger partial charge in [-0.3, -0.25) is 4.79 Å². The summed E-state index contributed by atoms with van der Waals surface area (Å²) < 4.78 is 0. The lowest BCUT2D eigenvalue weighted by molar-refractivity contribution is -0.139. The molecule has 50 valence electrons. The van der Waals surface area contributed by atoms with Crippen molar-refractivity contribution in [2.45, 2.75) is 18.7 Å². The summed E-state index contributed by atoms with van der Waals surface area (Å²) in [5.41, 5.74) is 0. The maximum atomic E-state index is 9.89. The highest BCUT2D eigenvalue weighted by Crippen LogP contribution is 2.10. The molecule has 8 heavy (non-hydrogen) atoms. The number of hydrogen-bond acceptors (Lipinski definition) is 1. The van der Waals surface area contributed by atoms with E-state index in [1.54, 1.807) is 0 Å². The monoisotopic (exact) mass is 158 g/mol. The van der Waals surface area contributed by atoms with Crippen molar-refractivity contribution in [2.75, 3.05) is 0 Å². The van der Waals surface area contributed by atoms with E-state index in [1.807, 2.05) is 0 Å². The Morgan fingerprint density at radius 2 is 1.75 bits per heavy atom. The van der Waals surface area contributed by atoms with Crippen LogP contribution in [0.25, 0.3) is 0 Å². The van der Waals surface area contributed by atoms with Crippen LogP contribution in [-0.4, -0.2) is 16.0 Å². The molecule has 0 aromatic rings. The molecule has 0 aromatic heterocycles. The molecule has 0 saturated carbocycles. The fourth-order valence-electron chi connectivity index (χ4n) is 0. The van der Waals surface area contributed by atoms with Gasteiger partial charge in [-0.05, 0) is 13.8 Å². The maximum Gasteiger partial charge on any atom is 0.324 e. The predicted molar refractivity (Wildman–Crippen MR) is 34.8 cm³/mol. The first-order valence-electron chi connectivity index (χ1n) is 1.87. The van der Waals surface area contributed by atoms with Crippen LogP contribution >= 0.6 is 24.0 Å². The van der Waals surface area contributed by atoms with E-state index < -0.39 is 10.8 Å². The molecule has 0 rings (SSSR count). The number of hydrogen-bond donors (Lipinski definition) is 1. The third-order valence-electron chi connectivity index (χ3n) is 0.509. The quantitative estimate of drug-likeness (QED) is 0.588. The molecule has 0 amide bonds. The molecule has 0 spiro atoms. The van der Waals surface area contributed by atoms with Crippen LogP contribution < -0.4 is 0 Å². The first kappa shape index (κ1) is 10.9. The number of aliphatic carboxylic acids is 1. The van der Waals surface area contributed by atoms with E-state index in [1.165, 1.54) is 13.8 Å². The van der Waals surface area contributed by atoms with Crippen molar-refractivity contribution in [1.29, 1.82) is 0 Å². The summed E-state index contributed by atoms with van der Waals surface area (Å²) in [4.78, 5) is 8.78. The standard InChI is InChI=1S/C4H7ClO2.ClH/c1-4(2,5)3(6)7;/h1-2H3,(H,6,7);1H. The lowest BCUT2D eigenvalue weighted by Gasteiger charge is -2.05. The first-order chi connectivity index (χ1) is 2.94. The number of carbonyl (C=O) groups is 1. The number of rotatable bonds is 1. The van der Waals surface area contributed by atoms with E-state index in [2.05, 4.69) is 0 Å². The Bertz CT molecular complexity index is 84.5. The van der Waals surface area contributed by atoms with Crippen LogP contribution in [0, 0.1) is 0 Å². The number of alkyl halides is 1. The van der Waals surface area contributed by atoms with E-state index in [9.17, 15) is 4.79 Å². The minimum absolute atomic E-state index is 0. The Balaban J connectivity index is 0. The van der Waals surface area contributed by atoms with Gasteiger partial charge >= 0.3 is 5.97 Å². The van der Waals surface area contributed by atoms with E-state index >= 15 is 0 Å². The third-order valence-corrected chi connectivity index (χ3v) is 0.670. The van der Waals surface area contributed by atoms with Crippen molar-refractivity contribution >= 4 is 30.0 Å². The normalized spacial score (nSPS) is 9.88. The van der Waals surface area contributed by atoms with E-state index in [0.717, 1.165) is 0 Å². The van der Waals surface area contributed by atoms with Gasteiger partial charge in [0.2, 0.25) is 0 Å².